The van der Waals surface area contributed by atoms with E-state index in [1.807, 2.05) is 30.3 Å². The van der Waals surface area contributed by atoms with Crippen LogP contribution in [0.25, 0.3) is 11.3 Å². The van der Waals surface area contributed by atoms with Gasteiger partial charge in [0.2, 0.25) is 0 Å². The molecule has 14 heavy (non-hydrogen) atoms. The highest BCUT2D eigenvalue weighted by molar-refractivity contribution is 5.58. The SMILES string of the molecule is COc1c[c]c(-c2ccccc2)nc1. The van der Waals surface area contributed by atoms with E-state index in [-0.39, 0.29) is 0 Å². The van der Waals surface area contributed by atoms with Gasteiger partial charge in [0, 0.05) is 11.6 Å². The number of rotatable bonds is 2. The van der Waals surface area contributed by atoms with E-state index < -0.39 is 0 Å². The van der Waals surface area contributed by atoms with Crippen molar-refractivity contribution in [2.75, 3.05) is 7.11 Å². The Morgan fingerprint density at radius 3 is 2.57 bits per heavy atom. The van der Waals surface area contributed by atoms with E-state index in [0.717, 1.165) is 17.0 Å². The summed E-state index contributed by atoms with van der Waals surface area (Å²) in [6, 6.07) is 14.8. The molecule has 69 valence electrons. The van der Waals surface area contributed by atoms with Crippen LogP contribution in [0.2, 0.25) is 0 Å². The predicted octanol–water partition coefficient (Wildman–Crippen LogP) is 2.56. The van der Waals surface area contributed by atoms with E-state index in [1.165, 1.54) is 0 Å². The quantitative estimate of drug-likeness (QED) is 0.715. The summed E-state index contributed by atoms with van der Waals surface area (Å²) < 4.78 is 5.01. The zero-order chi connectivity index (χ0) is 9.80. The lowest BCUT2D eigenvalue weighted by molar-refractivity contribution is 0.413. The van der Waals surface area contributed by atoms with E-state index in [9.17, 15) is 0 Å². The van der Waals surface area contributed by atoms with Crippen molar-refractivity contribution in [1.29, 1.82) is 0 Å². The summed E-state index contributed by atoms with van der Waals surface area (Å²) >= 11 is 0. The first-order valence-electron chi connectivity index (χ1n) is 4.37. The van der Waals surface area contributed by atoms with Gasteiger partial charge in [-0.15, -0.1) is 0 Å². The van der Waals surface area contributed by atoms with Crippen molar-refractivity contribution in [1.82, 2.24) is 4.98 Å². The monoisotopic (exact) mass is 184 g/mol. The maximum atomic E-state index is 5.01. The minimum atomic E-state index is 0.727. The van der Waals surface area contributed by atoms with Crippen LogP contribution in [0.1, 0.15) is 0 Å². The third kappa shape index (κ3) is 1.74. The fraction of sp³-hybridized carbons (Fsp3) is 0.0833. The molecule has 0 unspecified atom stereocenters. The van der Waals surface area contributed by atoms with Gasteiger partial charge in [-0.1, -0.05) is 30.3 Å². The third-order valence-electron chi connectivity index (χ3n) is 1.95. The molecule has 0 spiro atoms. The van der Waals surface area contributed by atoms with E-state index in [2.05, 4.69) is 11.1 Å². The van der Waals surface area contributed by atoms with Crippen LogP contribution in [0.3, 0.4) is 0 Å². The average molecular weight is 184 g/mol. The smallest absolute Gasteiger partial charge is 0.137 e. The summed E-state index contributed by atoms with van der Waals surface area (Å²) in [4.78, 5) is 4.24. The molecule has 0 aliphatic rings. The second-order valence-electron chi connectivity index (χ2n) is 2.87. The maximum absolute atomic E-state index is 5.01. The highest BCUT2D eigenvalue weighted by Crippen LogP contribution is 2.17. The highest BCUT2D eigenvalue weighted by atomic mass is 16.5. The Balaban J connectivity index is 2.34. The summed E-state index contributed by atoms with van der Waals surface area (Å²) in [5.41, 5.74) is 1.90. The van der Waals surface area contributed by atoms with E-state index in [1.54, 1.807) is 19.4 Å². The Hall–Kier alpha value is -1.83. The molecule has 0 aliphatic heterocycles. The van der Waals surface area contributed by atoms with Gasteiger partial charge >= 0.3 is 0 Å². The van der Waals surface area contributed by atoms with Gasteiger partial charge in [0.05, 0.1) is 19.0 Å². The zero-order valence-corrected chi connectivity index (χ0v) is 7.90. The van der Waals surface area contributed by atoms with E-state index >= 15 is 0 Å². The molecule has 0 saturated heterocycles. The standard InChI is InChI=1S/C12H10NO/c1-14-11-7-8-12(13-9-11)10-5-3-2-4-6-10/h2-7,9H,1H3. The molecule has 1 aromatic heterocycles. The lowest BCUT2D eigenvalue weighted by Gasteiger charge is -2.01. The first-order valence-corrected chi connectivity index (χ1v) is 4.37. The van der Waals surface area contributed by atoms with E-state index in [0.29, 0.717) is 0 Å². The molecule has 1 aromatic carbocycles. The van der Waals surface area contributed by atoms with Crippen molar-refractivity contribution in [3.05, 3.63) is 48.7 Å². The molecule has 2 aromatic rings. The Kier molecular flexibility index (Phi) is 2.45. The van der Waals surface area contributed by atoms with Gasteiger partial charge in [-0.3, -0.25) is 4.98 Å². The number of hydrogen-bond donors (Lipinski definition) is 0. The van der Waals surface area contributed by atoms with Crippen molar-refractivity contribution in [2.24, 2.45) is 0 Å². The average Bonchev–Trinajstić information content (AvgIpc) is 2.30. The minimum Gasteiger partial charge on any atom is -0.495 e. The summed E-state index contributed by atoms with van der Waals surface area (Å²) in [6.45, 7) is 0. The number of benzene rings is 1. The number of aromatic nitrogens is 1. The molecule has 2 rings (SSSR count). The summed E-state index contributed by atoms with van der Waals surface area (Å²) in [5, 5.41) is 0. The summed E-state index contributed by atoms with van der Waals surface area (Å²) in [7, 11) is 1.62. The van der Waals surface area contributed by atoms with Gasteiger partial charge in [0.15, 0.2) is 0 Å². The number of hydrogen-bond acceptors (Lipinski definition) is 2. The first-order chi connectivity index (χ1) is 6.90. The molecular formula is C12H10NO. The van der Waals surface area contributed by atoms with Gasteiger partial charge in [-0.25, -0.2) is 0 Å². The molecule has 0 N–H and O–H groups in total. The third-order valence-corrected chi connectivity index (χ3v) is 1.95. The molecule has 0 bridgehead atoms. The number of pyridine rings is 1. The maximum Gasteiger partial charge on any atom is 0.137 e. The predicted molar refractivity (Wildman–Crippen MR) is 55.1 cm³/mol. The van der Waals surface area contributed by atoms with Crippen molar-refractivity contribution in [2.45, 2.75) is 0 Å². The molecule has 1 radical (unpaired) electrons. The molecule has 0 atom stereocenters. The van der Waals surface area contributed by atoms with Crippen molar-refractivity contribution < 1.29 is 4.74 Å². The van der Waals surface area contributed by atoms with Gasteiger partial charge in [-0.05, 0) is 6.07 Å². The number of nitrogens with zero attached hydrogens (tertiary/aromatic N) is 1. The fourth-order valence-electron chi connectivity index (χ4n) is 1.21. The van der Waals surface area contributed by atoms with Crippen LogP contribution in [0.5, 0.6) is 5.75 Å². The van der Waals surface area contributed by atoms with Crippen molar-refractivity contribution >= 4 is 0 Å². The van der Waals surface area contributed by atoms with E-state index in [4.69, 9.17) is 4.74 Å². The highest BCUT2D eigenvalue weighted by Gasteiger charge is 1.98. The van der Waals surface area contributed by atoms with Crippen molar-refractivity contribution in [3.63, 3.8) is 0 Å². The van der Waals surface area contributed by atoms with Gasteiger partial charge in [-0.2, -0.15) is 0 Å². The second-order valence-corrected chi connectivity index (χ2v) is 2.87. The summed E-state index contributed by atoms with van der Waals surface area (Å²) in [6.07, 6.45) is 1.69. The molecule has 0 fully saturated rings. The van der Waals surface area contributed by atoms with Crippen LogP contribution in [0, 0.1) is 6.07 Å². The van der Waals surface area contributed by atoms with Crippen LogP contribution < -0.4 is 4.74 Å². The Labute approximate surface area is 83.2 Å². The molecule has 0 amide bonds. The Morgan fingerprint density at radius 2 is 2.00 bits per heavy atom. The Bertz CT molecular complexity index is 394. The van der Waals surface area contributed by atoms with Crippen LogP contribution >= 0.6 is 0 Å². The fourth-order valence-corrected chi connectivity index (χ4v) is 1.21. The minimum absolute atomic E-state index is 0.727. The molecule has 0 aliphatic carbocycles. The number of ether oxygens (including phenoxy) is 1. The molecule has 2 nitrogen and oxygen atoms in total. The lowest BCUT2D eigenvalue weighted by Crippen LogP contribution is -1.86. The first kappa shape index (κ1) is 8.75. The van der Waals surface area contributed by atoms with Crippen LogP contribution in [-0.4, -0.2) is 12.1 Å². The second kappa shape index (κ2) is 3.92. The molecule has 0 saturated carbocycles. The summed E-state index contributed by atoms with van der Waals surface area (Å²) in [5.74, 6) is 0.727. The zero-order valence-electron chi connectivity index (χ0n) is 7.90. The topological polar surface area (TPSA) is 22.1 Å². The molecule has 1 heterocycles. The van der Waals surface area contributed by atoms with Gasteiger partial charge in [0.1, 0.15) is 5.75 Å². The van der Waals surface area contributed by atoms with Crippen LogP contribution in [0.4, 0.5) is 0 Å². The number of methoxy groups -OCH3 is 1. The molecule has 2 heteroatoms. The normalized spacial score (nSPS) is 9.79. The largest absolute Gasteiger partial charge is 0.495 e. The van der Waals surface area contributed by atoms with Crippen LogP contribution in [-0.2, 0) is 0 Å². The Morgan fingerprint density at radius 1 is 1.21 bits per heavy atom. The van der Waals surface area contributed by atoms with Crippen molar-refractivity contribution in [3.8, 4) is 17.0 Å². The van der Waals surface area contributed by atoms with Gasteiger partial charge in [0.25, 0.3) is 0 Å². The van der Waals surface area contributed by atoms with Gasteiger partial charge < -0.3 is 4.74 Å². The lowest BCUT2D eigenvalue weighted by atomic mass is 10.1. The molecular weight excluding hydrogens is 174 g/mol. The van der Waals surface area contributed by atoms with Crippen LogP contribution in [0.15, 0.2) is 42.6 Å².